The van der Waals surface area contributed by atoms with Crippen LogP contribution in [0.1, 0.15) is 27.7 Å². The molecule has 0 saturated carbocycles. The highest BCUT2D eigenvalue weighted by Crippen LogP contribution is 2.29. The molecule has 6 nitrogen and oxygen atoms in total. The van der Waals surface area contributed by atoms with Crippen LogP contribution in [-0.2, 0) is 4.74 Å². The number of pyridine rings is 1. The number of nitrogens with two attached hydrogens (primary N) is 1. The smallest absolute Gasteiger partial charge is 0.282 e. The molecule has 1 unspecified atom stereocenters. The first-order chi connectivity index (χ1) is 14.0. The van der Waals surface area contributed by atoms with Gasteiger partial charge in [-0.25, -0.2) is 9.98 Å². The van der Waals surface area contributed by atoms with Crippen molar-refractivity contribution < 1.29 is 9.53 Å². The number of rotatable bonds is 5. The van der Waals surface area contributed by atoms with E-state index in [2.05, 4.69) is 15.3 Å². The van der Waals surface area contributed by atoms with E-state index in [0.717, 1.165) is 11.1 Å². The Morgan fingerprint density at radius 2 is 1.79 bits per heavy atom. The van der Waals surface area contributed by atoms with Crippen LogP contribution in [0.5, 0.6) is 0 Å². The summed E-state index contributed by atoms with van der Waals surface area (Å²) in [6.45, 7) is 0. The summed E-state index contributed by atoms with van der Waals surface area (Å²) in [6, 6.07) is 17.4. The molecular weight excluding hydrogens is 411 g/mol. The summed E-state index contributed by atoms with van der Waals surface area (Å²) < 4.78 is 5.02. The number of carbonyl (C=O) groups excluding carboxylic acids is 1. The van der Waals surface area contributed by atoms with E-state index in [4.69, 9.17) is 33.7 Å². The zero-order valence-corrected chi connectivity index (χ0v) is 17.0. The number of nitrogens with one attached hydrogen (secondary N) is 1. The molecule has 1 atom stereocenters. The molecule has 0 fully saturated rings. The van der Waals surface area contributed by atoms with E-state index in [0.29, 0.717) is 15.7 Å². The van der Waals surface area contributed by atoms with Crippen molar-refractivity contribution in [3.05, 3.63) is 93.7 Å². The van der Waals surface area contributed by atoms with Crippen LogP contribution in [0.2, 0.25) is 10.0 Å². The van der Waals surface area contributed by atoms with Gasteiger partial charge in [0.25, 0.3) is 11.9 Å². The molecule has 3 aromatic rings. The monoisotopic (exact) mass is 428 g/mol. The zero-order valence-electron chi connectivity index (χ0n) is 15.5. The molecule has 1 heterocycles. The lowest BCUT2D eigenvalue weighted by molar-refractivity contribution is 0.102. The van der Waals surface area contributed by atoms with Gasteiger partial charge in [-0.05, 0) is 47.5 Å². The second-order valence-corrected chi connectivity index (χ2v) is 6.94. The minimum Gasteiger partial charge on any atom is -0.469 e. The van der Waals surface area contributed by atoms with Gasteiger partial charge in [-0.2, -0.15) is 0 Å². The van der Waals surface area contributed by atoms with E-state index in [1.807, 2.05) is 30.3 Å². The van der Waals surface area contributed by atoms with E-state index < -0.39 is 6.04 Å². The summed E-state index contributed by atoms with van der Waals surface area (Å²) in [7, 11) is 1.45. The van der Waals surface area contributed by atoms with Gasteiger partial charge in [0, 0.05) is 16.9 Å². The minimum atomic E-state index is -0.433. The maximum Gasteiger partial charge on any atom is 0.282 e. The minimum absolute atomic E-state index is 0.0461. The van der Waals surface area contributed by atoms with Crippen LogP contribution in [0.15, 0.2) is 71.9 Å². The molecule has 0 aliphatic rings. The summed E-state index contributed by atoms with van der Waals surface area (Å²) in [4.78, 5) is 20.9. The molecule has 1 aromatic heterocycles. The largest absolute Gasteiger partial charge is 0.469 e. The zero-order chi connectivity index (χ0) is 20.8. The van der Waals surface area contributed by atoms with Crippen molar-refractivity contribution in [3.63, 3.8) is 0 Å². The van der Waals surface area contributed by atoms with Crippen LogP contribution in [0, 0.1) is 0 Å². The fourth-order valence-electron chi connectivity index (χ4n) is 2.66. The molecule has 0 saturated heterocycles. The van der Waals surface area contributed by atoms with Crippen molar-refractivity contribution in [2.24, 2.45) is 10.7 Å². The second kappa shape index (κ2) is 9.41. The van der Waals surface area contributed by atoms with Crippen LogP contribution < -0.4 is 11.1 Å². The molecular formula is C21H18Cl2N4O2. The topological polar surface area (TPSA) is 89.6 Å². The van der Waals surface area contributed by atoms with Gasteiger partial charge in [0.2, 0.25) is 0 Å². The third-order valence-corrected chi connectivity index (χ3v) is 4.55. The fraction of sp³-hybridized carbons (Fsp3) is 0.0952. The maximum atomic E-state index is 12.4. The summed E-state index contributed by atoms with van der Waals surface area (Å²) >= 11 is 11.8. The Kier molecular flexibility index (Phi) is 6.69. The number of nitrogens with zero attached hydrogens (tertiary/aromatic N) is 2. The third-order valence-electron chi connectivity index (χ3n) is 4.07. The van der Waals surface area contributed by atoms with E-state index in [1.165, 1.54) is 13.3 Å². The first-order valence-corrected chi connectivity index (χ1v) is 9.37. The quantitative estimate of drug-likeness (QED) is 0.455. The van der Waals surface area contributed by atoms with Crippen LogP contribution >= 0.6 is 23.2 Å². The van der Waals surface area contributed by atoms with Gasteiger partial charge in [-0.1, -0.05) is 47.5 Å². The molecule has 0 bridgehead atoms. The molecule has 2 aromatic carbocycles. The van der Waals surface area contributed by atoms with E-state index >= 15 is 0 Å². The number of aromatic nitrogens is 1. The average Bonchev–Trinajstić information content (AvgIpc) is 2.73. The number of ether oxygens (including phenoxy) is 1. The Labute approximate surface area is 178 Å². The number of amidine groups is 1. The summed E-state index contributed by atoms with van der Waals surface area (Å²) in [5, 5.41) is 3.90. The average molecular weight is 429 g/mol. The van der Waals surface area contributed by atoms with Gasteiger partial charge in [0.1, 0.15) is 11.7 Å². The van der Waals surface area contributed by atoms with Gasteiger partial charge >= 0.3 is 0 Å². The van der Waals surface area contributed by atoms with Gasteiger partial charge < -0.3 is 15.8 Å². The van der Waals surface area contributed by atoms with Crippen molar-refractivity contribution in [3.8, 4) is 0 Å². The maximum absolute atomic E-state index is 12.4. The molecule has 0 aliphatic carbocycles. The fourth-order valence-corrected chi connectivity index (χ4v) is 2.90. The number of amides is 1. The van der Waals surface area contributed by atoms with Crippen molar-refractivity contribution in [2.45, 2.75) is 6.04 Å². The number of anilines is 1. The van der Waals surface area contributed by atoms with Gasteiger partial charge in [0.15, 0.2) is 0 Å². The highest BCUT2D eigenvalue weighted by Gasteiger charge is 2.16. The SMILES string of the molecule is COC(N)=NC(c1ccc(Cl)cc1)c1cccc(NC(=O)c2ccc(Cl)cn2)c1. The lowest BCUT2D eigenvalue weighted by atomic mass is 9.99. The summed E-state index contributed by atoms with van der Waals surface area (Å²) in [6.07, 6.45) is 1.42. The Morgan fingerprint density at radius 1 is 1.07 bits per heavy atom. The molecule has 1 amide bonds. The normalized spacial score (nSPS) is 12.3. The van der Waals surface area contributed by atoms with Crippen LogP contribution in [-0.4, -0.2) is 24.0 Å². The Bertz CT molecular complexity index is 1020. The van der Waals surface area contributed by atoms with Crippen molar-refractivity contribution in [2.75, 3.05) is 12.4 Å². The molecule has 0 radical (unpaired) electrons. The van der Waals surface area contributed by atoms with E-state index in [1.54, 1.807) is 30.3 Å². The molecule has 0 spiro atoms. The third kappa shape index (κ3) is 5.47. The molecule has 29 heavy (non-hydrogen) atoms. The van der Waals surface area contributed by atoms with Gasteiger partial charge in [0.05, 0.1) is 12.1 Å². The Balaban J connectivity index is 1.90. The predicted molar refractivity (Wildman–Crippen MR) is 116 cm³/mol. The van der Waals surface area contributed by atoms with Crippen LogP contribution in [0.3, 0.4) is 0 Å². The van der Waals surface area contributed by atoms with E-state index in [-0.39, 0.29) is 17.6 Å². The number of hydrogen-bond acceptors (Lipinski definition) is 4. The number of hydrogen-bond donors (Lipinski definition) is 2. The Hall–Kier alpha value is -3.09. The molecule has 0 aliphatic heterocycles. The van der Waals surface area contributed by atoms with Crippen molar-refractivity contribution in [1.82, 2.24) is 4.98 Å². The lowest BCUT2D eigenvalue weighted by Gasteiger charge is -2.16. The Morgan fingerprint density at radius 3 is 2.45 bits per heavy atom. The molecule has 148 valence electrons. The van der Waals surface area contributed by atoms with E-state index in [9.17, 15) is 4.79 Å². The summed E-state index contributed by atoms with van der Waals surface area (Å²) in [5.74, 6) is -0.346. The number of halogens is 2. The number of carbonyl (C=O) groups is 1. The molecule has 3 rings (SSSR count). The van der Waals surface area contributed by atoms with Crippen molar-refractivity contribution in [1.29, 1.82) is 0 Å². The first-order valence-electron chi connectivity index (χ1n) is 8.62. The number of benzene rings is 2. The number of methoxy groups -OCH3 is 1. The van der Waals surface area contributed by atoms with Gasteiger partial charge in [-0.3, -0.25) is 4.79 Å². The highest BCUT2D eigenvalue weighted by molar-refractivity contribution is 6.30. The van der Waals surface area contributed by atoms with Crippen LogP contribution in [0.25, 0.3) is 0 Å². The number of aliphatic imine (C=N–C) groups is 1. The van der Waals surface area contributed by atoms with Crippen molar-refractivity contribution >= 4 is 40.8 Å². The second-order valence-electron chi connectivity index (χ2n) is 6.07. The standard InChI is InChI=1S/C21H18Cl2N4O2/c1-29-21(24)27-19(13-5-7-15(22)8-6-13)14-3-2-4-17(11-14)26-20(28)18-10-9-16(23)12-25-18/h2-12,19H,1H3,(H2,24,27)(H,26,28). The van der Waals surface area contributed by atoms with Crippen LogP contribution in [0.4, 0.5) is 5.69 Å². The first kappa shape index (κ1) is 20.6. The molecule has 8 heteroatoms. The summed E-state index contributed by atoms with van der Waals surface area (Å²) in [5.41, 5.74) is 8.34. The molecule has 3 N–H and O–H groups in total. The predicted octanol–water partition coefficient (Wildman–Crippen LogP) is 4.69. The van der Waals surface area contributed by atoms with Gasteiger partial charge in [-0.15, -0.1) is 0 Å². The highest BCUT2D eigenvalue weighted by atomic mass is 35.5. The lowest BCUT2D eigenvalue weighted by Crippen LogP contribution is -2.16.